The zero-order valence-electron chi connectivity index (χ0n) is 9.13. The van der Waals surface area contributed by atoms with Crippen molar-refractivity contribution in [2.24, 2.45) is 0 Å². The predicted molar refractivity (Wildman–Crippen MR) is 58.2 cm³/mol. The van der Waals surface area contributed by atoms with Crippen LogP contribution in [-0.2, 0) is 9.59 Å². The first-order valence-corrected chi connectivity index (χ1v) is 4.19. The number of benzene rings is 1. The number of nitrogens with one attached hydrogen (secondary N) is 2. The van der Waals surface area contributed by atoms with Crippen LogP contribution in [0, 0.1) is 12.3 Å². The van der Waals surface area contributed by atoms with Gasteiger partial charge in [-0.3, -0.25) is 9.59 Å². The maximum absolute atomic E-state index is 10.9. The number of hydrogen-bond acceptors (Lipinski definition) is 2. The van der Waals surface area contributed by atoms with Crippen molar-refractivity contribution in [3.05, 3.63) is 24.2 Å². The van der Waals surface area contributed by atoms with E-state index in [1.807, 2.05) is 5.92 Å². The molecule has 0 unspecified atom stereocenters. The summed E-state index contributed by atoms with van der Waals surface area (Å²) < 4.78 is 7.71. The van der Waals surface area contributed by atoms with Crippen LogP contribution in [0.3, 0.4) is 0 Å². The Bertz CT molecular complexity index is 477. The van der Waals surface area contributed by atoms with Crippen molar-refractivity contribution in [1.82, 2.24) is 0 Å². The van der Waals surface area contributed by atoms with E-state index in [9.17, 15) is 9.59 Å². The van der Waals surface area contributed by atoms with Gasteiger partial charge in [0.15, 0.2) is 0 Å². The van der Waals surface area contributed by atoms with Crippen molar-refractivity contribution in [3.8, 4) is 12.3 Å². The molecule has 4 nitrogen and oxygen atoms in total. The minimum absolute atomic E-state index is 0.0151. The van der Waals surface area contributed by atoms with Crippen molar-refractivity contribution in [2.45, 2.75) is 6.92 Å². The molecule has 4 heteroatoms. The molecule has 0 saturated heterocycles. The van der Waals surface area contributed by atoms with Crippen LogP contribution in [0.25, 0.3) is 0 Å². The minimum Gasteiger partial charge on any atom is -0.326 e. The Morgan fingerprint density at radius 3 is 2.53 bits per heavy atom. The first-order chi connectivity index (χ1) is 7.54. The van der Waals surface area contributed by atoms with Crippen LogP contribution in [0.2, 0.25) is 0 Å². The molecule has 2 N–H and O–H groups in total. The summed E-state index contributed by atoms with van der Waals surface area (Å²) in [5.41, 5.74) is 0.580. The Balaban J connectivity index is 3.00. The van der Waals surface area contributed by atoms with Gasteiger partial charge < -0.3 is 10.6 Å². The quantitative estimate of drug-likeness (QED) is 0.710. The number of amides is 2. The van der Waals surface area contributed by atoms with Gasteiger partial charge in [-0.15, -0.1) is 6.42 Å². The molecule has 1 aromatic carbocycles. The summed E-state index contributed by atoms with van der Waals surface area (Å²) in [5.74, 6) is 0.966. The van der Waals surface area contributed by atoms with E-state index in [2.05, 4.69) is 10.6 Å². The van der Waals surface area contributed by atoms with Crippen molar-refractivity contribution in [2.75, 3.05) is 10.6 Å². The molecule has 15 heavy (non-hydrogen) atoms. The van der Waals surface area contributed by atoms with E-state index in [1.165, 1.54) is 13.0 Å². The highest BCUT2D eigenvalue weighted by molar-refractivity contribution is 6.03. The summed E-state index contributed by atoms with van der Waals surface area (Å²) in [6, 6.07) is 4.72. The van der Waals surface area contributed by atoms with Crippen LogP contribution in [0.5, 0.6) is 0 Å². The number of carbonyl (C=O) groups excluding carboxylic acids is 2. The van der Waals surface area contributed by atoms with Gasteiger partial charge in [0.2, 0.25) is 5.91 Å². The van der Waals surface area contributed by atoms with Crippen molar-refractivity contribution < 1.29 is 11.0 Å². The molecule has 0 saturated carbocycles. The fourth-order valence-electron chi connectivity index (χ4n) is 0.963. The second-order valence-electron chi connectivity index (χ2n) is 2.76. The van der Waals surface area contributed by atoms with Gasteiger partial charge in [-0.2, -0.15) is 0 Å². The average Bonchev–Trinajstić information content (AvgIpc) is 2.23. The topological polar surface area (TPSA) is 58.2 Å². The van der Waals surface area contributed by atoms with Crippen LogP contribution in [0.1, 0.15) is 8.29 Å². The molecule has 0 aliphatic heterocycles. The van der Waals surface area contributed by atoms with Gasteiger partial charge in [-0.25, -0.2) is 0 Å². The van der Waals surface area contributed by atoms with Gasteiger partial charge in [0.1, 0.15) is 0 Å². The molecule has 0 fully saturated rings. The van der Waals surface area contributed by atoms with Crippen molar-refractivity contribution >= 4 is 23.2 Å². The van der Waals surface area contributed by atoms with Gasteiger partial charge in [-0.1, -0.05) is 6.07 Å². The van der Waals surface area contributed by atoms with E-state index in [0.717, 1.165) is 0 Å². The summed E-state index contributed by atoms with van der Waals surface area (Å²) in [7, 11) is 0. The third kappa shape index (κ3) is 3.53. The lowest BCUT2D eigenvalue weighted by Gasteiger charge is -2.05. The third-order valence-corrected chi connectivity index (χ3v) is 1.49. The second kappa shape index (κ2) is 4.82. The van der Waals surface area contributed by atoms with Gasteiger partial charge in [-0.05, 0) is 24.1 Å². The van der Waals surface area contributed by atoms with E-state index < -0.39 is 5.91 Å². The zero-order chi connectivity index (χ0) is 12.1. The van der Waals surface area contributed by atoms with Gasteiger partial charge in [0, 0.05) is 18.3 Å². The summed E-state index contributed by atoms with van der Waals surface area (Å²) >= 11 is 0. The maximum Gasteiger partial charge on any atom is 0.300 e. The summed E-state index contributed by atoms with van der Waals surface area (Å²) in [6.07, 6.45) is 4.90. The Kier molecular flexibility index (Phi) is 2.98. The monoisotopic (exact) mass is 203 g/mol. The summed E-state index contributed by atoms with van der Waals surface area (Å²) in [5, 5.41) is 4.83. The Hall–Kier alpha value is -2.28. The van der Waals surface area contributed by atoms with E-state index in [1.54, 1.807) is 12.1 Å². The number of anilines is 2. The Morgan fingerprint density at radius 1 is 1.40 bits per heavy atom. The first kappa shape index (κ1) is 9.28. The van der Waals surface area contributed by atoms with E-state index in [4.69, 9.17) is 7.79 Å². The number of rotatable bonds is 2. The molecule has 0 aliphatic rings. The normalized spacial score (nSPS) is 9.73. The van der Waals surface area contributed by atoms with E-state index in [0.29, 0.717) is 5.69 Å². The molecule has 2 amide bonds. The van der Waals surface area contributed by atoms with Crippen LogP contribution in [-0.4, -0.2) is 11.8 Å². The lowest BCUT2D eigenvalue weighted by atomic mass is 10.2. The average molecular weight is 203 g/mol. The maximum atomic E-state index is 10.9. The third-order valence-electron chi connectivity index (χ3n) is 1.49. The molecule has 0 atom stereocenters. The lowest BCUT2D eigenvalue weighted by molar-refractivity contribution is -0.114. The Labute approximate surface area is 89.1 Å². The van der Waals surface area contributed by atoms with E-state index >= 15 is 0 Å². The highest BCUT2D eigenvalue weighted by atomic mass is 16.2. The number of terminal acetylenes is 1. The molecular weight excluding hydrogens is 192 g/mol. The van der Waals surface area contributed by atoms with Gasteiger partial charge in [0.25, 0.3) is 5.91 Å². The fourth-order valence-corrected chi connectivity index (χ4v) is 0.963. The molecular formula is C11H10N2O2. The molecule has 1 aromatic rings. The van der Waals surface area contributed by atoms with Crippen molar-refractivity contribution in [3.63, 3.8) is 0 Å². The molecule has 0 spiro atoms. The van der Waals surface area contributed by atoms with Crippen LogP contribution in [0.4, 0.5) is 11.4 Å². The highest BCUT2D eigenvalue weighted by Crippen LogP contribution is 2.14. The smallest absolute Gasteiger partial charge is 0.300 e. The minimum atomic E-state index is -0.631. The molecule has 0 aliphatic carbocycles. The molecule has 0 heterocycles. The Morgan fingerprint density at radius 2 is 2.00 bits per heavy atom. The van der Waals surface area contributed by atoms with E-state index in [-0.39, 0.29) is 17.6 Å². The fraction of sp³-hybridized carbons (Fsp3) is 0.0909. The number of carbonyl (C=O) groups is 2. The molecule has 0 bridgehead atoms. The molecule has 1 rings (SSSR count). The van der Waals surface area contributed by atoms with Crippen LogP contribution in [0.15, 0.2) is 24.2 Å². The van der Waals surface area contributed by atoms with Crippen molar-refractivity contribution in [1.29, 1.82) is 0 Å². The second-order valence-corrected chi connectivity index (χ2v) is 2.76. The number of hydrogen-bond donors (Lipinski definition) is 2. The first-order valence-electron chi connectivity index (χ1n) is 4.69. The van der Waals surface area contributed by atoms with Crippen LogP contribution < -0.4 is 10.6 Å². The predicted octanol–water partition coefficient (Wildman–Crippen LogP) is 1.22. The van der Waals surface area contributed by atoms with Crippen LogP contribution >= 0.6 is 0 Å². The standard InChI is InChI=1S/C11H10N2O2/c1-3-11(15)13-10-6-4-5-9(7-10)12-8(2)14/h1,4-7H,2H3,(H,12,14)(H,13,15)/i7D. The molecule has 76 valence electrons. The molecule has 0 radical (unpaired) electrons. The summed E-state index contributed by atoms with van der Waals surface area (Å²) in [4.78, 5) is 21.8. The SMILES string of the molecule is [2H]c1c(NC(C)=O)cccc1NC(=O)C#C. The van der Waals surface area contributed by atoms with Gasteiger partial charge in [0.05, 0.1) is 1.37 Å². The highest BCUT2D eigenvalue weighted by Gasteiger charge is 1.99. The van der Waals surface area contributed by atoms with Gasteiger partial charge >= 0.3 is 0 Å². The lowest BCUT2D eigenvalue weighted by Crippen LogP contribution is -2.09. The summed E-state index contributed by atoms with van der Waals surface area (Å²) in [6.45, 7) is 1.34. The molecule has 0 aromatic heterocycles. The zero-order valence-corrected chi connectivity index (χ0v) is 8.13. The largest absolute Gasteiger partial charge is 0.326 e.